The molecular formula is C13H21NO3S. The van der Waals surface area contributed by atoms with Gasteiger partial charge in [0.05, 0.1) is 11.0 Å². The van der Waals surface area contributed by atoms with Crippen LogP contribution in [0.15, 0.2) is 29.2 Å². The highest BCUT2D eigenvalue weighted by atomic mass is 32.2. The van der Waals surface area contributed by atoms with Crippen LogP contribution in [0.5, 0.6) is 0 Å². The van der Waals surface area contributed by atoms with E-state index >= 15 is 0 Å². The van der Waals surface area contributed by atoms with E-state index in [9.17, 15) is 13.5 Å². The van der Waals surface area contributed by atoms with Crippen molar-refractivity contribution in [2.24, 2.45) is 5.92 Å². The second-order valence-corrected chi connectivity index (χ2v) is 6.66. The summed E-state index contributed by atoms with van der Waals surface area (Å²) in [6.45, 7) is 4.05. The Labute approximate surface area is 109 Å². The van der Waals surface area contributed by atoms with Crippen molar-refractivity contribution in [1.29, 1.82) is 0 Å². The summed E-state index contributed by atoms with van der Waals surface area (Å²) in [6.07, 6.45) is 0.502. The zero-order chi connectivity index (χ0) is 13.8. The highest BCUT2D eigenvalue weighted by Gasteiger charge is 2.18. The van der Waals surface area contributed by atoms with Crippen LogP contribution in [0.1, 0.15) is 25.8 Å². The molecule has 0 aliphatic heterocycles. The quantitative estimate of drug-likeness (QED) is 0.825. The molecule has 5 heteroatoms. The van der Waals surface area contributed by atoms with E-state index < -0.39 is 16.1 Å². The van der Waals surface area contributed by atoms with E-state index in [1.165, 1.54) is 7.05 Å². The normalized spacial score (nSPS) is 13.8. The first-order valence-electron chi connectivity index (χ1n) is 6.06. The summed E-state index contributed by atoms with van der Waals surface area (Å²) in [4.78, 5) is 0.246. The Hall–Kier alpha value is -0.910. The Morgan fingerprint density at radius 1 is 1.28 bits per heavy atom. The third-order valence-corrected chi connectivity index (χ3v) is 4.24. The Morgan fingerprint density at radius 2 is 1.89 bits per heavy atom. The molecule has 1 unspecified atom stereocenters. The number of hydrogen-bond acceptors (Lipinski definition) is 3. The molecule has 2 N–H and O–H groups in total. The van der Waals surface area contributed by atoms with Crippen LogP contribution < -0.4 is 4.72 Å². The van der Waals surface area contributed by atoms with E-state index in [1.807, 2.05) is 13.8 Å². The molecule has 0 bridgehead atoms. The minimum Gasteiger partial charge on any atom is -0.393 e. The van der Waals surface area contributed by atoms with E-state index in [-0.39, 0.29) is 4.90 Å². The molecule has 0 aromatic heterocycles. The van der Waals surface area contributed by atoms with Gasteiger partial charge in [-0.25, -0.2) is 13.1 Å². The average molecular weight is 271 g/mol. The van der Waals surface area contributed by atoms with Gasteiger partial charge in [0, 0.05) is 0 Å². The summed E-state index contributed by atoms with van der Waals surface area (Å²) in [5, 5.41) is 9.92. The number of hydrogen-bond donors (Lipinski definition) is 2. The maximum atomic E-state index is 11.8. The molecule has 0 fully saturated rings. The van der Waals surface area contributed by atoms with Crippen LogP contribution in [0, 0.1) is 5.92 Å². The largest absolute Gasteiger partial charge is 0.393 e. The van der Waals surface area contributed by atoms with Crippen LogP contribution in [0.2, 0.25) is 0 Å². The molecule has 0 aliphatic rings. The van der Waals surface area contributed by atoms with Crippen molar-refractivity contribution in [3.63, 3.8) is 0 Å². The number of aliphatic hydroxyl groups is 1. The number of benzene rings is 1. The molecule has 0 heterocycles. The molecule has 0 saturated carbocycles. The fourth-order valence-electron chi connectivity index (χ4n) is 1.93. The molecule has 4 nitrogen and oxygen atoms in total. The minimum absolute atomic E-state index is 0.246. The predicted molar refractivity (Wildman–Crippen MR) is 71.9 cm³/mol. The van der Waals surface area contributed by atoms with Crippen molar-refractivity contribution in [1.82, 2.24) is 4.72 Å². The molecule has 1 rings (SSSR count). The van der Waals surface area contributed by atoms with Gasteiger partial charge in [0.25, 0.3) is 0 Å². The van der Waals surface area contributed by atoms with Crippen LogP contribution in [0.25, 0.3) is 0 Å². The van der Waals surface area contributed by atoms with Crippen LogP contribution in [0.4, 0.5) is 0 Å². The molecule has 0 radical (unpaired) electrons. The lowest BCUT2D eigenvalue weighted by Gasteiger charge is -2.15. The maximum absolute atomic E-state index is 11.8. The van der Waals surface area contributed by atoms with Gasteiger partial charge >= 0.3 is 0 Å². The van der Waals surface area contributed by atoms with E-state index in [0.717, 1.165) is 0 Å². The van der Waals surface area contributed by atoms with Gasteiger partial charge in [-0.2, -0.15) is 0 Å². The minimum atomic E-state index is -3.46. The molecule has 0 saturated heterocycles. The van der Waals surface area contributed by atoms with Crippen molar-refractivity contribution in [2.45, 2.75) is 37.7 Å². The molecule has 0 aliphatic carbocycles. The van der Waals surface area contributed by atoms with Crippen molar-refractivity contribution in [3.05, 3.63) is 29.8 Å². The summed E-state index contributed by atoms with van der Waals surface area (Å²) >= 11 is 0. The summed E-state index contributed by atoms with van der Waals surface area (Å²) in [6, 6.07) is 6.77. The van der Waals surface area contributed by atoms with E-state index in [4.69, 9.17) is 0 Å². The van der Waals surface area contributed by atoms with Gasteiger partial charge in [-0.3, -0.25) is 0 Å². The van der Waals surface area contributed by atoms with Gasteiger partial charge in [-0.05, 0) is 37.4 Å². The lowest BCUT2D eigenvalue weighted by Crippen LogP contribution is -2.22. The predicted octanol–water partition coefficient (Wildman–Crippen LogP) is 1.54. The van der Waals surface area contributed by atoms with Crippen LogP contribution in [0.3, 0.4) is 0 Å². The molecule has 102 valence electrons. The van der Waals surface area contributed by atoms with E-state index in [2.05, 4.69) is 4.72 Å². The first-order valence-corrected chi connectivity index (χ1v) is 7.54. The van der Waals surface area contributed by atoms with Gasteiger partial charge in [-0.1, -0.05) is 32.0 Å². The van der Waals surface area contributed by atoms with Gasteiger partial charge in [0.2, 0.25) is 10.0 Å². The first-order chi connectivity index (χ1) is 8.36. The number of rotatable bonds is 6. The van der Waals surface area contributed by atoms with Gasteiger partial charge < -0.3 is 5.11 Å². The van der Waals surface area contributed by atoms with Gasteiger partial charge in [0.1, 0.15) is 0 Å². The summed E-state index contributed by atoms with van der Waals surface area (Å²) in [5.41, 5.74) is 0.653. The lowest BCUT2D eigenvalue weighted by atomic mass is 10.00. The zero-order valence-electron chi connectivity index (χ0n) is 11.1. The standard InChI is InChI=1S/C13H21NO3S/c1-10(2)8-12(15)9-11-6-4-5-7-13(11)18(16,17)14-3/h4-7,10,12,14-15H,8-9H2,1-3H3. The van der Waals surface area contributed by atoms with Crippen molar-refractivity contribution < 1.29 is 13.5 Å². The Balaban J connectivity index is 2.97. The molecule has 0 amide bonds. The molecular weight excluding hydrogens is 250 g/mol. The highest BCUT2D eigenvalue weighted by molar-refractivity contribution is 7.89. The SMILES string of the molecule is CNS(=O)(=O)c1ccccc1CC(O)CC(C)C. The van der Waals surface area contributed by atoms with Crippen LogP contribution in [-0.4, -0.2) is 26.7 Å². The summed E-state index contributed by atoms with van der Waals surface area (Å²) < 4.78 is 26.0. The molecule has 1 atom stereocenters. The third-order valence-electron chi connectivity index (χ3n) is 2.73. The molecule has 0 spiro atoms. The van der Waals surface area contributed by atoms with Crippen molar-refractivity contribution in [3.8, 4) is 0 Å². The average Bonchev–Trinajstić information content (AvgIpc) is 2.28. The fourth-order valence-corrected chi connectivity index (χ4v) is 2.90. The maximum Gasteiger partial charge on any atom is 0.240 e. The second-order valence-electron chi connectivity index (χ2n) is 4.80. The van der Waals surface area contributed by atoms with Crippen LogP contribution >= 0.6 is 0 Å². The summed E-state index contributed by atoms with van der Waals surface area (Å²) in [5.74, 6) is 0.382. The lowest BCUT2D eigenvalue weighted by molar-refractivity contribution is 0.148. The zero-order valence-corrected chi connectivity index (χ0v) is 11.9. The number of aliphatic hydroxyl groups excluding tert-OH is 1. The molecule has 1 aromatic rings. The monoisotopic (exact) mass is 271 g/mol. The first kappa shape index (κ1) is 15.1. The van der Waals surface area contributed by atoms with E-state index in [1.54, 1.807) is 24.3 Å². The highest BCUT2D eigenvalue weighted by Crippen LogP contribution is 2.18. The van der Waals surface area contributed by atoms with Crippen molar-refractivity contribution in [2.75, 3.05) is 7.05 Å². The smallest absolute Gasteiger partial charge is 0.240 e. The molecule has 1 aromatic carbocycles. The van der Waals surface area contributed by atoms with Crippen LogP contribution in [-0.2, 0) is 16.4 Å². The van der Waals surface area contributed by atoms with Crippen molar-refractivity contribution >= 4 is 10.0 Å². The second kappa shape index (κ2) is 6.31. The Bertz CT molecular complexity index is 483. The fraction of sp³-hybridized carbons (Fsp3) is 0.538. The van der Waals surface area contributed by atoms with E-state index in [0.29, 0.717) is 24.3 Å². The Kier molecular flexibility index (Phi) is 5.31. The Morgan fingerprint density at radius 3 is 2.44 bits per heavy atom. The van der Waals surface area contributed by atoms with Gasteiger partial charge in [-0.15, -0.1) is 0 Å². The topological polar surface area (TPSA) is 66.4 Å². The number of sulfonamides is 1. The summed E-state index contributed by atoms with van der Waals surface area (Å²) in [7, 11) is -2.08. The molecule has 18 heavy (non-hydrogen) atoms. The number of nitrogens with one attached hydrogen (secondary N) is 1. The van der Waals surface area contributed by atoms with Gasteiger partial charge in [0.15, 0.2) is 0 Å². The third kappa shape index (κ3) is 4.08.